The zero-order valence-electron chi connectivity index (χ0n) is 12.0. The highest BCUT2D eigenvalue weighted by atomic mass is 19.1. The van der Waals surface area contributed by atoms with Gasteiger partial charge in [0.25, 0.3) is 0 Å². The summed E-state index contributed by atoms with van der Waals surface area (Å²) < 4.78 is 13.5. The fourth-order valence-corrected chi connectivity index (χ4v) is 2.08. The summed E-state index contributed by atoms with van der Waals surface area (Å²) in [6.07, 6.45) is 0.671. The highest BCUT2D eigenvalue weighted by molar-refractivity contribution is 5.91. The minimum absolute atomic E-state index is 0.00667. The van der Waals surface area contributed by atoms with Crippen molar-refractivity contribution in [2.24, 2.45) is 0 Å². The van der Waals surface area contributed by atoms with Crippen molar-refractivity contribution in [3.05, 3.63) is 53.8 Å². The largest absolute Gasteiger partial charge is 0.316 e. The summed E-state index contributed by atoms with van der Waals surface area (Å²) in [6.45, 7) is 3.47. The van der Waals surface area contributed by atoms with E-state index in [9.17, 15) is 9.18 Å². The summed E-state index contributed by atoms with van der Waals surface area (Å²) in [5.74, 6) is -0.169. The monoisotopic (exact) mass is 271 g/mol. The maximum atomic E-state index is 13.5. The number of carbonyl (C=O) groups is 1. The van der Waals surface area contributed by atoms with Gasteiger partial charge in [0.1, 0.15) is 5.82 Å². The smallest absolute Gasteiger partial charge is 0.223 e. The molecule has 0 saturated carbocycles. The van der Waals surface area contributed by atoms with Crippen molar-refractivity contribution in [3.8, 4) is 11.1 Å². The minimum Gasteiger partial charge on any atom is -0.316 e. The molecule has 0 atom stereocenters. The van der Waals surface area contributed by atoms with Crippen LogP contribution in [0.2, 0.25) is 0 Å². The molecule has 0 spiro atoms. The topological polar surface area (TPSA) is 20.3 Å². The number of anilines is 1. The van der Waals surface area contributed by atoms with E-state index in [-0.39, 0.29) is 11.7 Å². The number of carbonyl (C=O) groups excluding carboxylic acids is 1. The van der Waals surface area contributed by atoms with Gasteiger partial charge in [0.15, 0.2) is 0 Å². The van der Waals surface area contributed by atoms with Crippen LogP contribution in [0.3, 0.4) is 0 Å². The maximum absolute atomic E-state index is 13.5. The molecular weight excluding hydrogens is 253 g/mol. The van der Waals surface area contributed by atoms with Crippen LogP contribution in [0.15, 0.2) is 42.5 Å². The van der Waals surface area contributed by atoms with Gasteiger partial charge in [-0.15, -0.1) is 0 Å². The van der Waals surface area contributed by atoms with E-state index in [1.807, 2.05) is 37.3 Å². The van der Waals surface area contributed by atoms with Crippen LogP contribution in [0.25, 0.3) is 11.1 Å². The molecule has 0 aromatic heterocycles. The molecule has 0 heterocycles. The Balaban J connectivity index is 2.32. The quantitative estimate of drug-likeness (QED) is 0.825. The third-order valence-corrected chi connectivity index (χ3v) is 3.49. The van der Waals surface area contributed by atoms with Gasteiger partial charge in [-0.25, -0.2) is 4.39 Å². The maximum Gasteiger partial charge on any atom is 0.223 e. The summed E-state index contributed by atoms with van der Waals surface area (Å²) in [7, 11) is 1.74. The van der Waals surface area contributed by atoms with Gasteiger partial charge in [0.05, 0.1) is 0 Å². The van der Waals surface area contributed by atoms with Gasteiger partial charge >= 0.3 is 0 Å². The molecule has 0 bridgehead atoms. The van der Waals surface area contributed by atoms with Crippen LogP contribution < -0.4 is 4.90 Å². The van der Waals surface area contributed by atoms with E-state index >= 15 is 0 Å². The first-order valence-corrected chi connectivity index (χ1v) is 6.66. The molecule has 2 nitrogen and oxygen atoms in total. The van der Waals surface area contributed by atoms with Crippen molar-refractivity contribution in [2.75, 3.05) is 11.9 Å². The lowest BCUT2D eigenvalue weighted by Gasteiger charge is -2.15. The first-order valence-electron chi connectivity index (χ1n) is 6.66. The van der Waals surface area contributed by atoms with Crippen LogP contribution in [0.5, 0.6) is 0 Å². The number of aryl methyl sites for hydroxylation is 1. The van der Waals surface area contributed by atoms with Gasteiger partial charge < -0.3 is 4.90 Å². The molecule has 0 fully saturated rings. The predicted octanol–water partition coefficient (Wildman–Crippen LogP) is 4.04. The molecule has 0 saturated heterocycles. The highest BCUT2D eigenvalue weighted by Gasteiger charge is 2.07. The summed E-state index contributed by atoms with van der Waals surface area (Å²) in [6, 6.07) is 12.8. The molecule has 0 unspecified atom stereocenters. The fraction of sp³-hybridized carbons (Fsp3) is 0.235. The Kier molecular flexibility index (Phi) is 4.18. The molecular formula is C17H18FNO. The number of halogens is 1. The van der Waals surface area contributed by atoms with Crippen molar-refractivity contribution in [1.29, 1.82) is 0 Å². The van der Waals surface area contributed by atoms with Crippen molar-refractivity contribution in [2.45, 2.75) is 20.3 Å². The average molecular weight is 271 g/mol. The van der Waals surface area contributed by atoms with Crippen LogP contribution in [0.1, 0.15) is 19.4 Å². The first kappa shape index (κ1) is 14.3. The lowest BCUT2D eigenvalue weighted by Crippen LogP contribution is -2.22. The van der Waals surface area contributed by atoms with E-state index < -0.39 is 0 Å². The Morgan fingerprint density at radius 2 is 1.70 bits per heavy atom. The Morgan fingerprint density at radius 3 is 2.25 bits per heavy atom. The second-order valence-electron chi connectivity index (χ2n) is 4.78. The number of rotatable bonds is 3. The Labute approximate surface area is 118 Å². The van der Waals surface area contributed by atoms with Crippen LogP contribution in [-0.4, -0.2) is 13.0 Å². The van der Waals surface area contributed by atoms with Gasteiger partial charge in [0, 0.05) is 19.7 Å². The SMILES string of the molecule is CCc1cc(-c2ccc(N(C)C(C)=O)cc2)ccc1F. The second kappa shape index (κ2) is 5.87. The number of benzene rings is 2. The van der Waals surface area contributed by atoms with E-state index in [4.69, 9.17) is 0 Å². The van der Waals surface area contributed by atoms with E-state index in [2.05, 4.69) is 0 Å². The molecule has 0 aliphatic carbocycles. The van der Waals surface area contributed by atoms with Gasteiger partial charge in [-0.05, 0) is 47.4 Å². The Bertz CT molecular complexity index is 619. The first-order chi connectivity index (χ1) is 9.52. The standard InChI is InChI=1S/C17H18FNO/c1-4-13-11-15(7-10-17(13)18)14-5-8-16(9-6-14)19(3)12(2)20/h5-11H,4H2,1-3H3. The zero-order chi connectivity index (χ0) is 14.7. The number of hydrogen-bond acceptors (Lipinski definition) is 1. The van der Waals surface area contributed by atoms with Crippen molar-refractivity contribution < 1.29 is 9.18 Å². The summed E-state index contributed by atoms with van der Waals surface area (Å²) in [4.78, 5) is 12.9. The molecule has 104 valence electrons. The van der Waals surface area contributed by atoms with Gasteiger partial charge in [-0.2, -0.15) is 0 Å². The molecule has 2 aromatic rings. The lowest BCUT2D eigenvalue weighted by atomic mass is 10.0. The van der Waals surface area contributed by atoms with Gasteiger partial charge in [-0.3, -0.25) is 4.79 Å². The van der Waals surface area contributed by atoms with E-state index in [1.165, 1.54) is 13.0 Å². The fourth-order valence-electron chi connectivity index (χ4n) is 2.08. The van der Waals surface area contributed by atoms with Crippen molar-refractivity contribution >= 4 is 11.6 Å². The number of amides is 1. The van der Waals surface area contributed by atoms with Crippen molar-refractivity contribution in [1.82, 2.24) is 0 Å². The highest BCUT2D eigenvalue weighted by Crippen LogP contribution is 2.25. The van der Waals surface area contributed by atoms with Gasteiger partial charge in [-0.1, -0.05) is 25.1 Å². The summed E-state index contributed by atoms with van der Waals surface area (Å²) in [5.41, 5.74) is 3.56. The third-order valence-electron chi connectivity index (χ3n) is 3.49. The third kappa shape index (κ3) is 2.87. The predicted molar refractivity (Wildman–Crippen MR) is 80.3 cm³/mol. The summed E-state index contributed by atoms with van der Waals surface area (Å²) >= 11 is 0. The van der Waals surface area contributed by atoms with Crippen LogP contribution in [0, 0.1) is 5.82 Å². The lowest BCUT2D eigenvalue weighted by molar-refractivity contribution is -0.116. The number of nitrogens with zero attached hydrogens (tertiary/aromatic N) is 1. The van der Waals surface area contributed by atoms with E-state index in [0.717, 1.165) is 16.8 Å². The molecule has 2 aromatic carbocycles. The molecule has 0 aliphatic heterocycles. The molecule has 0 radical (unpaired) electrons. The van der Waals surface area contributed by atoms with Crippen molar-refractivity contribution in [3.63, 3.8) is 0 Å². The Morgan fingerprint density at radius 1 is 1.10 bits per heavy atom. The molecule has 20 heavy (non-hydrogen) atoms. The average Bonchev–Trinajstić information content (AvgIpc) is 2.47. The van der Waals surface area contributed by atoms with Crippen LogP contribution >= 0.6 is 0 Å². The van der Waals surface area contributed by atoms with Crippen LogP contribution in [-0.2, 0) is 11.2 Å². The normalized spacial score (nSPS) is 10.4. The molecule has 0 N–H and O–H groups in total. The number of hydrogen-bond donors (Lipinski definition) is 0. The van der Waals surface area contributed by atoms with E-state index in [1.54, 1.807) is 18.0 Å². The Hall–Kier alpha value is -2.16. The molecule has 3 heteroatoms. The van der Waals surface area contributed by atoms with Gasteiger partial charge in [0.2, 0.25) is 5.91 Å². The van der Waals surface area contributed by atoms with E-state index in [0.29, 0.717) is 12.0 Å². The van der Waals surface area contributed by atoms with Crippen LogP contribution in [0.4, 0.5) is 10.1 Å². The minimum atomic E-state index is -0.163. The zero-order valence-corrected chi connectivity index (χ0v) is 12.0. The molecule has 1 amide bonds. The molecule has 0 aliphatic rings. The second-order valence-corrected chi connectivity index (χ2v) is 4.78. The summed E-state index contributed by atoms with van der Waals surface area (Å²) in [5, 5.41) is 0. The molecule has 2 rings (SSSR count).